The third-order valence-corrected chi connectivity index (χ3v) is 4.23. The second-order valence-electron chi connectivity index (χ2n) is 5.86. The first-order chi connectivity index (χ1) is 12.2. The van der Waals surface area contributed by atoms with Gasteiger partial charge in [-0.15, -0.1) is 0 Å². The highest BCUT2D eigenvalue weighted by Gasteiger charge is 2.30. The third-order valence-electron chi connectivity index (χ3n) is 4.23. The van der Waals surface area contributed by atoms with E-state index in [-0.39, 0.29) is 5.91 Å². The highest BCUT2D eigenvalue weighted by atomic mass is 16.2. The van der Waals surface area contributed by atoms with Crippen LogP contribution in [0.4, 0.5) is 11.4 Å². The molecule has 5 heteroatoms. The zero-order valence-corrected chi connectivity index (χ0v) is 13.7. The van der Waals surface area contributed by atoms with Gasteiger partial charge in [-0.3, -0.25) is 9.69 Å². The van der Waals surface area contributed by atoms with Gasteiger partial charge in [0.05, 0.1) is 5.69 Å². The van der Waals surface area contributed by atoms with Crippen LogP contribution < -0.4 is 4.90 Å². The van der Waals surface area contributed by atoms with Gasteiger partial charge in [0.15, 0.2) is 0 Å². The first-order valence-corrected chi connectivity index (χ1v) is 8.05. The number of hydrogen-bond acceptors (Lipinski definition) is 4. The zero-order chi connectivity index (χ0) is 17.2. The summed E-state index contributed by atoms with van der Waals surface area (Å²) in [4.78, 5) is 17.8. The molecular weight excluding hydrogens is 312 g/mol. The highest BCUT2D eigenvalue weighted by molar-refractivity contribution is 6.04. The summed E-state index contributed by atoms with van der Waals surface area (Å²) in [5.74, 6) is -0.313. The molecule has 1 unspecified atom stereocenters. The molecule has 5 nitrogen and oxygen atoms in total. The molecule has 25 heavy (non-hydrogen) atoms. The monoisotopic (exact) mass is 328 g/mol. The number of azo groups is 1. The third kappa shape index (κ3) is 2.80. The Morgan fingerprint density at radius 2 is 1.72 bits per heavy atom. The molecule has 3 aromatic rings. The second kappa shape index (κ2) is 6.28. The maximum absolute atomic E-state index is 12.2. The molecule has 4 rings (SSSR count). The van der Waals surface area contributed by atoms with Gasteiger partial charge in [0.25, 0.3) is 5.91 Å². The molecule has 0 fully saturated rings. The molecule has 0 aliphatic carbocycles. The SMILES string of the molecule is Cc1ccccc1N1C=NC(=O)C1N=Nc1cccc2ccccc12. The molecular formula is C20H16N4O. The lowest BCUT2D eigenvalue weighted by atomic mass is 10.1. The van der Waals surface area contributed by atoms with Crippen LogP contribution in [0.1, 0.15) is 5.56 Å². The molecule has 1 aliphatic heterocycles. The summed E-state index contributed by atoms with van der Waals surface area (Å²) in [6.07, 6.45) is 0.761. The highest BCUT2D eigenvalue weighted by Crippen LogP contribution is 2.28. The summed E-state index contributed by atoms with van der Waals surface area (Å²) < 4.78 is 0. The van der Waals surface area contributed by atoms with Gasteiger partial charge in [-0.25, -0.2) is 0 Å². The minimum Gasteiger partial charge on any atom is -0.299 e. The van der Waals surface area contributed by atoms with E-state index in [4.69, 9.17) is 0 Å². The number of anilines is 1. The predicted octanol–water partition coefficient (Wildman–Crippen LogP) is 4.63. The van der Waals surface area contributed by atoms with Crippen LogP contribution in [0.15, 0.2) is 82.0 Å². The van der Waals surface area contributed by atoms with Gasteiger partial charge in [0.2, 0.25) is 6.17 Å². The number of carbonyl (C=O) groups is 1. The van der Waals surface area contributed by atoms with Gasteiger partial charge in [0.1, 0.15) is 6.34 Å². The Morgan fingerprint density at radius 1 is 0.960 bits per heavy atom. The molecule has 3 aromatic carbocycles. The number of aryl methyl sites for hydroxylation is 1. The number of rotatable bonds is 3. The fraction of sp³-hybridized carbons (Fsp3) is 0.100. The number of aliphatic imine (C=N–C) groups is 1. The molecule has 0 bridgehead atoms. The average Bonchev–Trinajstić information content (AvgIpc) is 3.01. The Bertz CT molecular complexity index is 1000. The molecule has 1 heterocycles. The molecule has 0 spiro atoms. The lowest BCUT2D eigenvalue weighted by molar-refractivity contribution is -0.118. The fourth-order valence-electron chi connectivity index (χ4n) is 2.93. The summed E-state index contributed by atoms with van der Waals surface area (Å²) in [7, 11) is 0. The molecule has 1 atom stereocenters. The van der Waals surface area contributed by atoms with Crippen LogP contribution in [0.3, 0.4) is 0 Å². The lowest BCUT2D eigenvalue weighted by Crippen LogP contribution is -2.32. The van der Waals surface area contributed by atoms with Gasteiger partial charge in [-0.05, 0) is 30.0 Å². The zero-order valence-electron chi connectivity index (χ0n) is 13.7. The number of nitrogens with zero attached hydrogens (tertiary/aromatic N) is 4. The quantitative estimate of drug-likeness (QED) is 0.658. The minimum atomic E-state index is -0.764. The Morgan fingerprint density at radius 3 is 2.60 bits per heavy atom. The van der Waals surface area contributed by atoms with Crippen LogP contribution in [0.5, 0.6) is 0 Å². The number of amides is 1. The fourth-order valence-corrected chi connectivity index (χ4v) is 2.93. The van der Waals surface area contributed by atoms with Crippen molar-refractivity contribution in [3.8, 4) is 0 Å². The number of carbonyl (C=O) groups excluding carboxylic acids is 1. The van der Waals surface area contributed by atoms with Gasteiger partial charge >= 0.3 is 0 Å². The van der Waals surface area contributed by atoms with E-state index in [2.05, 4.69) is 15.2 Å². The van der Waals surface area contributed by atoms with E-state index in [1.54, 1.807) is 4.90 Å². The predicted molar refractivity (Wildman–Crippen MR) is 99.4 cm³/mol. The molecule has 0 radical (unpaired) electrons. The van der Waals surface area contributed by atoms with Crippen molar-refractivity contribution < 1.29 is 4.79 Å². The van der Waals surface area contributed by atoms with E-state index in [1.807, 2.05) is 73.7 Å². The van der Waals surface area contributed by atoms with Crippen molar-refractivity contribution in [2.75, 3.05) is 4.90 Å². The van der Waals surface area contributed by atoms with E-state index >= 15 is 0 Å². The van der Waals surface area contributed by atoms with Crippen molar-refractivity contribution in [1.82, 2.24) is 0 Å². The number of para-hydroxylation sites is 1. The standard InChI is InChI=1S/C20H16N4O/c1-14-7-2-5-12-18(14)24-13-21-20(25)19(24)23-22-17-11-6-9-15-8-3-4-10-16(15)17/h2-13,19H,1H3. The Hall–Kier alpha value is -3.34. The Balaban J connectivity index is 1.70. The Kier molecular flexibility index (Phi) is 3.82. The number of benzene rings is 3. The smallest absolute Gasteiger partial charge is 0.294 e. The van der Waals surface area contributed by atoms with Crippen molar-refractivity contribution >= 4 is 34.4 Å². The summed E-state index contributed by atoms with van der Waals surface area (Å²) in [6, 6.07) is 21.6. The summed E-state index contributed by atoms with van der Waals surface area (Å²) in [5.41, 5.74) is 2.69. The molecule has 1 amide bonds. The number of hydrogen-bond donors (Lipinski definition) is 0. The van der Waals surface area contributed by atoms with Gasteiger partial charge in [-0.1, -0.05) is 54.6 Å². The van der Waals surface area contributed by atoms with Gasteiger partial charge in [0, 0.05) is 11.1 Å². The summed E-state index contributed by atoms with van der Waals surface area (Å²) >= 11 is 0. The Labute approximate surface area is 145 Å². The van der Waals surface area contributed by atoms with E-state index in [9.17, 15) is 4.79 Å². The number of fused-ring (bicyclic) bond motifs is 1. The average molecular weight is 328 g/mol. The molecule has 1 aliphatic rings. The molecule has 122 valence electrons. The van der Waals surface area contributed by atoms with Crippen LogP contribution >= 0.6 is 0 Å². The first-order valence-electron chi connectivity index (χ1n) is 8.05. The van der Waals surface area contributed by atoms with E-state index < -0.39 is 6.17 Å². The lowest BCUT2D eigenvalue weighted by Gasteiger charge is -2.20. The van der Waals surface area contributed by atoms with Crippen LogP contribution in [0, 0.1) is 6.92 Å². The maximum atomic E-state index is 12.2. The maximum Gasteiger partial charge on any atom is 0.294 e. The van der Waals surface area contributed by atoms with Crippen molar-refractivity contribution in [3.63, 3.8) is 0 Å². The molecule has 0 aromatic heterocycles. The van der Waals surface area contributed by atoms with E-state index in [0.717, 1.165) is 27.7 Å². The van der Waals surface area contributed by atoms with Crippen LogP contribution in [-0.4, -0.2) is 18.4 Å². The van der Waals surface area contributed by atoms with Crippen molar-refractivity contribution in [2.45, 2.75) is 13.1 Å². The topological polar surface area (TPSA) is 57.4 Å². The largest absolute Gasteiger partial charge is 0.299 e. The van der Waals surface area contributed by atoms with Gasteiger partial charge in [-0.2, -0.15) is 15.2 Å². The summed E-state index contributed by atoms with van der Waals surface area (Å²) in [6.45, 7) is 1.99. The minimum absolute atomic E-state index is 0.313. The molecule has 0 saturated heterocycles. The first kappa shape index (κ1) is 15.2. The summed E-state index contributed by atoms with van der Waals surface area (Å²) in [5, 5.41) is 10.7. The second-order valence-corrected chi connectivity index (χ2v) is 5.86. The van der Waals surface area contributed by atoms with Crippen molar-refractivity contribution in [3.05, 3.63) is 72.3 Å². The van der Waals surface area contributed by atoms with Crippen molar-refractivity contribution in [1.29, 1.82) is 0 Å². The molecule has 0 saturated carbocycles. The normalized spacial score (nSPS) is 17.1. The van der Waals surface area contributed by atoms with Crippen LogP contribution in [-0.2, 0) is 4.79 Å². The van der Waals surface area contributed by atoms with Gasteiger partial charge < -0.3 is 0 Å². The van der Waals surface area contributed by atoms with Crippen LogP contribution in [0.25, 0.3) is 10.8 Å². The van der Waals surface area contributed by atoms with E-state index in [1.165, 1.54) is 6.34 Å². The van der Waals surface area contributed by atoms with Crippen molar-refractivity contribution in [2.24, 2.45) is 15.2 Å². The molecule has 0 N–H and O–H groups in total. The van der Waals surface area contributed by atoms with E-state index in [0.29, 0.717) is 0 Å². The van der Waals surface area contributed by atoms with Crippen LogP contribution in [0.2, 0.25) is 0 Å².